The van der Waals surface area contributed by atoms with Crippen molar-refractivity contribution in [2.24, 2.45) is 0 Å². The van der Waals surface area contributed by atoms with Crippen LogP contribution in [0, 0.1) is 11.6 Å². The minimum atomic E-state index is -3.67. The molecule has 0 aliphatic carbocycles. The fourth-order valence-electron chi connectivity index (χ4n) is 1.11. The quantitative estimate of drug-likeness (QED) is 0.869. The first-order valence-corrected chi connectivity index (χ1v) is 6.18. The van der Waals surface area contributed by atoms with Gasteiger partial charge in [0.2, 0.25) is 10.0 Å². The molecule has 0 fully saturated rings. The number of benzene rings is 1. The van der Waals surface area contributed by atoms with E-state index in [2.05, 4.69) is 0 Å². The molecule has 84 valence electrons. The van der Waals surface area contributed by atoms with Crippen LogP contribution in [0.25, 0.3) is 0 Å². The molecular formula is C9H11F2NO2S. The summed E-state index contributed by atoms with van der Waals surface area (Å²) in [5, 5.41) is 0. The van der Waals surface area contributed by atoms with Gasteiger partial charge in [0, 0.05) is 0 Å². The Morgan fingerprint density at radius 2 is 1.73 bits per heavy atom. The highest BCUT2D eigenvalue weighted by Crippen LogP contribution is 2.21. The second-order valence-electron chi connectivity index (χ2n) is 3.16. The monoisotopic (exact) mass is 235 g/mol. The van der Waals surface area contributed by atoms with Gasteiger partial charge in [-0.2, -0.15) is 0 Å². The van der Waals surface area contributed by atoms with Crippen molar-refractivity contribution in [1.29, 1.82) is 0 Å². The van der Waals surface area contributed by atoms with Crippen LogP contribution in [0.4, 0.5) is 14.5 Å². The molecule has 0 aromatic heterocycles. The molecule has 0 bridgehead atoms. The maximum absolute atomic E-state index is 13.3. The molecule has 0 saturated carbocycles. The van der Waals surface area contributed by atoms with Gasteiger partial charge in [-0.3, -0.25) is 4.72 Å². The normalized spacial score (nSPS) is 11.5. The van der Waals surface area contributed by atoms with Crippen molar-refractivity contribution in [1.82, 2.24) is 0 Å². The van der Waals surface area contributed by atoms with Gasteiger partial charge in [0.25, 0.3) is 0 Å². The predicted molar refractivity (Wildman–Crippen MR) is 54.2 cm³/mol. The van der Waals surface area contributed by atoms with Gasteiger partial charge in [0.1, 0.15) is 5.69 Å². The van der Waals surface area contributed by atoms with E-state index in [9.17, 15) is 17.2 Å². The third-order valence-corrected chi connectivity index (χ3v) is 2.37. The van der Waals surface area contributed by atoms with Gasteiger partial charge in [-0.15, -0.1) is 0 Å². The Morgan fingerprint density at radius 3 is 2.07 bits per heavy atom. The SMILES string of the molecule is CCc1cc(F)c(NS(C)(=O)=O)c(F)c1. The standard InChI is InChI=1S/C9H11F2NO2S/c1-3-6-4-7(10)9(8(11)5-6)12-15(2,13)14/h4-5,12H,3H2,1-2H3. The van der Waals surface area contributed by atoms with Crippen LogP contribution >= 0.6 is 0 Å². The molecule has 0 amide bonds. The van der Waals surface area contributed by atoms with E-state index in [4.69, 9.17) is 0 Å². The fourth-order valence-corrected chi connectivity index (χ4v) is 1.68. The molecular weight excluding hydrogens is 224 g/mol. The van der Waals surface area contributed by atoms with E-state index < -0.39 is 27.3 Å². The maximum Gasteiger partial charge on any atom is 0.230 e. The predicted octanol–water partition coefficient (Wildman–Crippen LogP) is 1.90. The Morgan fingerprint density at radius 1 is 1.27 bits per heavy atom. The molecule has 1 aromatic rings. The summed E-state index contributed by atoms with van der Waals surface area (Å²) in [7, 11) is -3.67. The maximum atomic E-state index is 13.3. The summed E-state index contributed by atoms with van der Waals surface area (Å²) < 4.78 is 49.9. The average Bonchev–Trinajstić information content (AvgIpc) is 2.09. The Balaban J connectivity index is 3.20. The van der Waals surface area contributed by atoms with Crippen LogP contribution < -0.4 is 4.72 Å². The highest BCUT2D eigenvalue weighted by atomic mass is 32.2. The molecule has 1 rings (SSSR count). The van der Waals surface area contributed by atoms with E-state index in [1.807, 2.05) is 0 Å². The molecule has 0 unspecified atom stereocenters. The zero-order valence-electron chi connectivity index (χ0n) is 8.34. The Kier molecular flexibility index (Phi) is 3.28. The van der Waals surface area contributed by atoms with Crippen molar-refractivity contribution in [2.45, 2.75) is 13.3 Å². The van der Waals surface area contributed by atoms with E-state index in [0.29, 0.717) is 12.0 Å². The van der Waals surface area contributed by atoms with Crippen LogP contribution in [0.15, 0.2) is 12.1 Å². The number of sulfonamides is 1. The summed E-state index contributed by atoms with van der Waals surface area (Å²) in [4.78, 5) is 0. The van der Waals surface area contributed by atoms with Crippen molar-refractivity contribution in [3.05, 3.63) is 29.3 Å². The molecule has 0 aliphatic heterocycles. The van der Waals surface area contributed by atoms with Crippen LogP contribution in [-0.2, 0) is 16.4 Å². The lowest BCUT2D eigenvalue weighted by atomic mass is 10.1. The first kappa shape index (κ1) is 11.9. The van der Waals surface area contributed by atoms with Gasteiger partial charge in [-0.05, 0) is 24.1 Å². The van der Waals surface area contributed by atoms with E-state index >= 15 is 0 Å². The van der Waals surface area contributed by atoms with Gasteiger partial charge >= 0.3 is 0 Å². The summed E-state index contributed by atoms with van der Waals surface area (Å²) in [6.45, 7) is 1.75. The minimum Gasteiger partial charge on any atom is -0.278 e. The molecule has 1 N–H and O–H groups in total. The lowest BCUT2D eigenvalue weighted by molar-refractivity contribution is 0.582. The second kappa shape index (κ2) is 4.14. The smallest absolute Gasteiger partial charge is 0.230 e. The zero-order valence-corrected chi connectivity index (χ0v) is 9.16. The van der Waals surface area contributed by atoms with E-state index in [-0.39, 0.29) is 0 Å². The van der Waals surface area contributed by atoms with Crippen LogP contribution in [0.3, 0.4) is 0 Å². The van der Waals surface area contributed by atoms with Crippen molar-refractivity contribution < 1.29 is 17.2 Å². The van der Waals surface area contributed by atoms with Crippen molar-refractivity contribution in [2.75, 3.05) is 11.0 Å². The van der Waals surface area contributed by atoms with E-state index in [1.165, 1.54) is 0 Å². The average molecular weight is 235 g/mol. The number of halogens is 2. The van der Waals surface area contributed by atoms with Crippen LogP contribution in [0.2, 0.25) is 0 Å². The third kappa shape index (κ3) is 3.16. The number of anilines is 1. The minimum absolute atomic E-state index is 0.476. The number of hydrogen-bond acceptors (Lipinski definition) is 2. The highest BCUT2D eigenvalue weighted by Gasteiger charge is 2.14. The van der Waals surface area contributed by atoms with Gasteiger partial charge < -0.3 is 0 Å². The van der Waals surface area contributed by atoms with Gasteiger partial charge in [-0.1, -0.05) is 6.92 Å². The van der Waals surface area contributed by atoms with Crippen molar-refractivity contribution in [3.63, 3.8) is 0 Å². The molecule has 0 heterocycles. The molecule has 0 spiro atoms. The highest BCUT2D eigenvalue weighted by molar-refractivity contribution is 7.92. The molecule has 0 atom stereocenters. The summed E-state index contributed by atoms with van der Waals surface area (Å²) in [5.41, 5.74) is -0.154. The Hall–Kier alpha value is -1.17. The molecule has 15 heavy (non-hydrogen) atoms. The lowest BCUT2D eigenvalue weighted by Crippen LogP contribution is -2.12. The van der Waals surface area contributed by atoms with Crippen LogP contribution in [0.1, 0.15) is 12.5 Å². The number of rotatable bonds is 3. The number of hydrogen-bond donors (Lipinski definition) is 1. The molecule has 6 heteroatoms. The van der Waals surface area contributed by atoms with E-state index in [1.54, 1.807) is 11.6 Å². The zero-order chi connectivity index (χ0) is 11.6. The fraction of sp³-hybridized carbons (Fsp3) is 0.333. The van der Waals surface area contributed by atoms with Crippen LogP contribution in [0.5, 0.6) is 0 Å². The summed E-state index contributed by atoms with van der Waals surface area (Å²) in [5.74, 6) is -1.81. The Bertz CT molecular complexity index is 448. The summed E-state index contributed by atoms with van der Waals surface area (Å²) in [6, 6.07) is 2.22. The summed E-state index contributed by atoms with van der Waals surface area (Å²) in [6.07, 6.45) is 1.31. The van der Waals surface area contributed by atoms with Crippen molar-refractivity contribution >= 4 is 15.7 Å². The molecule has 1 aromatic carbocycles. The lowest BCUT2D eigenvalue weighted by Gasteiger charge is -2.08. The number of nitrogens with one attached hydrogen (secondary N) is 1. The first-order valence-electron chi connectivity index (χ1n) is 4.29. The van der Waals surface area contributed by atoms with E-state index in [0.717, 1.165) is 18.4 Å². The summed E-state index contributed by atoms with van der Waals surface area (Å²) >= 11 is 0. The van der Waals surface area contributed by atoms with Crippen molar-refractivity contribution in [3.8, 4) is 0 Å². The van der Waals surface area contributed by atoms with Gasteiger partial charge in [-0.25, -0.2) is 17.2 Å². The Labute approximate surface area is 87.2 Å². The molecule has 0 aliphatic rings. The number of aryl methyl sites for hydroxylation is 1. The topological polar surface area (TPSA) is 46.2 Å². The third-order valence-electron chi connectivity index (χ3n) is 1.80. The van der Waals surface area contributed by atoms with Gasteiger partial charge in [0.15, 0.2) is 11.6 Å². The molecule has 3 nitrogen and oxygen atoms in total. The molecule has 0 saturated heterocycles. The van der Waals surface area contributed by atoms with Gasteiger partial charge in [0.05, 0.1) is 6.26 Å². The first-order chi connectivity index (χ1) is 6.83. The largest absolute Gasteiger partial charge is 0.278 e. The van der Waals surface area contributed by atoms with Crippen LogP contribution in [-0.4, -0.2) is 14.7 Å². The molecule has 0 radical (unpaired) electrons. The second-order valence-corrected chi connectivity index (χ2v) is 4.91.